The number of aromatic nitrogens is 2. The van der Waals surface area contributed by atoms with E-state index < -0.39 is 0 Å². The number of aliphatic hydroxyl groups excluding tert-OH is 1. The van der Waals surface area contributed by atoms with Gasteiger partial charge in [0.15, 0.2) is 0 Å². The lowest BCUT2D eigenvalue weighted by molar-refractivity contribution is -0.129. The molecule has 2 atom stereocenters. The number of piperidine rings is 1. The average molecular weight is 360 g/mol. The molecule has 0 unspecified atom stereocenters. The smallest absolute Gasteiger partial charge is 0.246 e. The molecular formula is C19H22ClN3O2. The summed E-state index contributed by atoms with van der Waals surface area (Å²) in [6, 6.07) is 9.50. The molecule has 0 radical (unpaired) electrons. The van der Waals surface area contributed by atoms with E-state index in [1.165, 1.54) is 0 Å². The summed E-state index contributed by atoms with van der Waals surface area (Å²) in [6.07, 6.45) is 5.99. The van der Waals surface area contributed by atoms with Crippen LogP contribution in [-0.4, -0.2) is 44.9 Å². The van der Waals surface area contributed by atoms with Crippen LogP contribution >= 0.6 is 11.6 Å². The molecule has 0 saturated carbocycles. The standard InChI is InChI=1S/C19H22ClN3O2/c1-22-17(8-10-21-22)6-7-19(25)23-11-9-18(24)15(13-23)12-14-2-4-16(20)5-3-14/h2-8,10,15,18,24H,9,11-13H2,1H3/t15-,18+/m1/s1. The highest BCUT2D eigenvalue weighted by atomic mass is 35.5. The Morgan fingerprint density at radius 1 is 1.36 bits per heavy atom. The summed E-state index contributed by atoms with van der Waals surface area (Å²) in [6.45, 7) is 1.13. The number of nitrogens with zero attached hydrogens (tertiary/aromatic N) is 3. The second-order valence-corrected chi connectivity index (χ2v) is 6.88. The molecule has 3 rings (SSSR count). The lowest BCUT2D eigenvalue weighted by Gasteiger charge is -2.36. The van der Waals surface area contributed by atoms with E-state index in [0.717, 1.165) is 17.7 Å². The van der Waals surface area contributed by atoms with Crippen LogP contribution in [0, 0.1) is 5.92 Å². The van der Waals surface area contributed by atoms with Crippen LogP contribution in [0.1, 0.15) is 17.7 Å². The molecule has 6 heteroatoms. The van der Waals surface area contributed by atoms with Crippen molar-refractivity contribution in [3.05, 3.63) is 58.9 Å². The van der Waals surface area contributed by atoms with E-state index in [-0.39, 0.29) is 17.9 Å². The topological polar surface area (TPSA) is 58.4 Å². The zero-order chi connectivity index (χ0) is 17.8. The Balaban J connectivity index is 1.63. The van der Waals surface area contributed by atoms with Crippen molar-refractivity contribution in [3.8, 4) is 0 Å². The first-order chi connectivity index (χ1) is 12.0. The van der Waals surface area contributed by atoms with Crippen molar-refractivity contribution in [2.45, 2.75) is 18.9 Å². The van der Waals surface area contributed by atoms with Gasteiger partial charge in [0.05, 0.1) is 11.8 Å². The molecule has 25 heavy (non-hydrogen) atoms. The van der Waals surface area contributed by atoms with Crippen LogP contribution in [0.3, 0.4) is 0 Å². The number of hydrogen-bond acceptors (Lipinski definition) is 3. The molecule has 1 fully saturated rings. The Hall–Kier alpha value is -2.11. The summed E-state index contributed by atoms with van der Waals surface area (Å²) >= 11 is 5.92. The van der Waals surface area contributed by atoms with E-state index in [4.69, 9.17) is 11.6 Å². The Labute approximate surface area is 152 Å². The van der Waals surface area contributed by atoms with Crippen molar-refractivity contribution >= 4 is 23.6 Å². The number of likely N-dealkylation sites (tertiary alicyclic amines) is 1. The van der Waals surface area contributed by atoms with Gasteiger partial charge in [-0.05, 0) is 42.7 Å². The van der Waals surface area contributed by atoms with Crippen LogP contribution in [0.2, 0.25) is 5.02 Å². The third-order valence-electron chi connectivity index (χ3n) is 4.67. The minimum Gasteiger partial charge on any atom is -0.393 e. The van der Waals surface area contributed by atoms with Crippen LogP contribution in [0.4, 0.5) is 0 Å². The van der Waals surface area contributed by atoms with E-state index in [2.05, 4.69) is 5.10 Å². The normalized spacial score (nSPS) is 21.0. The van der Waals surface area contributed by atoms with Crippen molar-refractivity contribution < 1.29 is 9.90 Å². The van der Waals surface area contributed by atoms with Crippen LogP contribution in [-0.2, 0) is 18.3 Å². The highest BCUT2D eigenvalue weighted by molar-refractivity contribution is 6.30. The quantitative estimate of drug-likeness (QED) is 0.853. The second-order valence-electron chi connectivity index (χ2n) is 6.44. The third-order valence-corrected chi connectivity index (χ3v) is 4.92. The number of benzene rings is 1. The maximum atomic E-state index is 12.5. The second kappa shape index (κ2) is 7.85. The average Bonchev–Trinajstić information content (AvgIpc) is 3.01. The molecule has 0 aliphatic carbocycles. The fourth-order valence-electron chi connectivity index (χ4n) is 3.15. The first-order valence-corrected chi connectivity index (χ1v) is 8.78. The molecule has 1 saturated heterocycles. The summed E-state index contributed by atoms with van der Waals surface area (Å²) in [5.74, 6) is -0.00168. The monoisotopic (exact) mass is 359 g/mol. The van der Waals surface area contributed by atoms with Gasteiger partial charge in [-0.3, -0.25) is 9.48 Å². The molecular weight excluding hydrogens is 338 g/mol. The molecule has 2 heterocycles. The predicted octanol–water partition coefficient (Wildman–Crippen LogP) is 2.54. The van der Waals surface area contributed by atoms with E-state index in [1.54, 1.807) is 27.9 Å². The van der Waals surface area contributed by atoms with Gasteiger partial charge in [0.25, 0.3) is 0 Å². The van der Waals surface area contributed by atoms with Gasteiger partial charge in [-0.15, -0.1) is 0 Å². The fourth-order valence-corrected chi connectivity index (χ4v) is 3.28. The fraction of sp³-hybridized carbons (Fsp3) is 0.368. The maximum Gasteiger partial charge on any atom is 0.246 e. The number of amides is 1. The first-order valence-electron chi connectivity index (χ1n) is 8.40. The first kappa shape index (κ1) is 17.7. The summed E-state index contributed by atoms with van der Waals surface area (Å²) in [4.78, 5) is 14.3. The number of halogens is 1. The van der Waals surface area contributed by atoms with Crippen LogP contribution < -0.4 is 0 Å². The number of carbonyl (C=O) groups excluding carboxylic acids is 1. The minimum absolute atomic E-state index is 0.0315. The summed E-state index contributed by atoms with van der Waals surface area (Å²) in [5, 5.41) is 15.1. The lowest BCUT2D eigenvalue weighted by Crippen LogP contribution is -2.46. The molecule has 5 nitrogen and oxygen atoms in total. The number of rotatable bonds is 4. The summed E-state index contributed by atoms with van der Waals surface area (Å²) in [5.41, 5.74) is 2.00. The van der Waals surface area contributed by atoms with Gasteiger partial charge in [0.2, 0.25) is 5.91 Å². The number of hydrogen-bond donors (Lipinski definition) is 1. The number of aliphatic hydroxyl groups is 1. The van der Waals surface area contributed by atoms with Crippen LogP contribution in [0.15, 0.2) is 42.6 Å². The highest BCUT2D eigenvalue weighted by Crippen LogP contribution is 2.23. The van der Waals surface area contributed by atoms with Crippen LogP contribution in [0.25, 0.3) is 6.08 Å². The van der Waals surface area contributed by atoms with Gasteiger partial charge in [0, 0.05) is 43.4 Å². The molecule has 0 spiro atoms. The van der Waals surface area contributed by atoms with Crippen molar-refractivity contribution in [1.29, 1.82) is 0 Å². The van der Waals surface area contributed by atoms with Crippen molar-refractivity contribution in [3.63, 3.8) is 0 Å². The maximum absolute atomic E-state index is 12.5. The minimum atomic E-state index is -0.388. The third kappa shape index (κ3) is 4.50. The molecule has 1 N–H and O–H groups in total. The molecule has 1 aromatic carbocycles. The van der Waals surface area contributed by atoms with E-state index in [0.29, 0.717) is 24.5 Å². The molecule has 1 amide bonds. The molecule has 132 valence electrons. The SMILES string of the molecule is Cn1nccc1C=CC(=O)N1CC[C@H](O)[C@H](Cc2ccc(Cl)cc2)C1. The van der Waals surface area contributed by atoms with Crippen LogP contribution in [0.5, 0.6) is 0 Å². The highest BCUT2D eigenvalue weighted by Gasteiger charge is 2.29. The van der Waals surface area contributed by atoms with Gasteiger partial charge in [-0.25, -0.2) is 0 Å². The van der Waals surface area contributed by atoms with E-state index >= 15 is 0 Å². The van der Waals surface area contributed by atoms with Crippen molar-refractivity contribution in [2.24, 2.45) is 13.0 Å². The zero-order valence-corrected chi connectivity index (χ0v) is 14.9. The molecule has 1 aliphatic rings. The van der Waals surface area contributed by atoms with E-state index in [9.17, 15) is 9.90 Å². The summed E-state index contributed by atoms with van der Waals surface area (Å²) in [7, 11) is 1.84. The van der Waals surface area contributed by atoms with Gasteiger partial charge < -0.3 is 10.0 Å². The Morgan fingerprint density at radius 3 is 2.80 bits per heavy atom. The zero-order valence-electron chi connectivity index (χ0n) is 14.2. The van der Waals surface area contributed by atoms with Crippen molar-refractivity contribution in [1.82, 2.24) is 14.7 Å². The van der Waals surface area contributed by atoms with Gasteiger partial charge in [-0.1, -0.05) is 23.7 Å². The van der Waals surface area contributed by atoms with Gasteiger partial charge >= 0.3 is 0 Å². The Morgan fingerprint density at radius 2 is 2.12 bits per heavy atom. The summed E-state index contributed by atoms with van der Waals surface area (Å²) < 4.78 is 1.72. The van der Waals surface area contributed by atoms with Crippen molar-refractivity contribution in [2.75, 3.05) is 13.1 Å². The van der Waals surface area contributed by atoms with E-state index in [1.807, 2.05) is 37.4 Å². The number of aryl methyl sites for hydroxylation is 1. The molecule has 0 bridgehead atoms. The van der Waals surface area contributed by atoms with Gasteiger partial charge in [0.1, 0.15) is 0 Å². The Kier molecular flexibility index (Phi) is 5.56. The lowest BCUT2D eigenvalue weighted by atomic mass is 9.88. The number of carbonyl (C=O) groups is 1. The molecule has 2 aromatic rings. The Bertz CT molecular complexity index is 754. The van der Waals surface area contributed by atoms with Gasteiger partial charge in [-0.2, -0.15) is 5.10 Å². The molecule has 1 aliphatic heterocycles. The molecule has 1 aromatic heterocycles. The largest absolute Gasteiger partial charge is 0.393 e. The predicted molar refractivity (Wildman–Crippen MR) is 98.1 cm³/mol.